The molecule has 5 heteroatoms. The number of halogens is 2. The standard InChI is InChI=1S/C8H13Br2NO2/c1-6(9)7(10)8(12)11-2-4-13-5-3-11/h6-7H,2-5H2,1H3/t6-,7-/m1/s1. The number of morpholine rings is 1. The molecule has 1 rings (SSSR count). The Morgan fingerprint density at radius 2 is 1.92 bits per heavy atom. The highest BCUT2D eigenvalue weighted by atomic mass is 79.9. The fraction of sp³-hybridized carbons (Fsp3) is 0.875. The van der Waals surface area contributed by atoms with Crippen molar-refractivity contribution in [2.24, 2.45) is 0 Å². The number of carbonyl (C=O) groups excluding carboxylic acids is 1. The largest absolute Gasteiger partial charge is 0.378 e. The lowest BCUT2D eigenvalue weighted by Gasteiger charge is -2.29. The number of rotatable bonds is 2. The van der Waals surface area contributed by atoms with Gasteiger partial charge in [0, 0.05) is 17.9 Å². The van der Waals surface area contributed by atoms with E-state index in [0.717, 1.165) is 0 Å². The highest BCUT2D eigenvalue weighted by Gasteiger charge is 2.26. The normalized spacial score (nSPS) is 22.5. The smallest absolute Gasteiger partial charge is 0.237 e. The van der Waals surface area contributed by atoms with E-state index in [1.807, 2.05) is 11.8 Å². The van der Waals surface area contributed by atoms with Gasteiger partial charge >= 0.3 is 0 Å². The summed E-state index contributed by atoms with van der Waals surface area (Å²) in [7, 11) is 0. The van der Waals surface area contributed by atoms with Crippen molar-refractivity contribution < 1.29 is 9.53 Å². The second-order valence-electron chi connectivity index (χ2n) is 3.02. The maximum Gasteiger partial charge on any atom is 0.237 e. The molecule has 1 saturated heterocycles. The van der Waals surface area contributed by atoms with Crippen LogP contribution in [0.5, 0.6) is 0 Å². The van der Waals surface area contributed by atoms with Crippen LogP contribution in [-0.2, 0) is 9.53 Å². The summed E-state index contributed by atoms with van der Waals surface area (Å²) in [6.07, 6.45) is 0. The van der Waals surface area contributed by atoms with E-state index in [9.17, 15) is 4.79 Å². The lowest BCUT2D eigenvalue weighted by Crippen LogP contribution is -2.45. The first-order chi connectivity index (χ1) is 6.13. The van der Waals surface area contributed by atoms with Crippen LogP contribution in [0.3, 0.4) is 0 Å². The van der Waals surface area contributed by atoms with E-state index in [-0.39, 0.29) is 15.6 Å². The zero-order valence-electron chi connectivity index (χ0n) is 7.50. The summed E-state index contributed by atoms with van der Waals surface area (Å²) < 4.78 is 5.17. The Kier molecular flexibility index (Phi) is 4.69. The lowest BCUT2D eigenvalue weighted by atomic mass is 10.3. The van der Waals surface area contributed by atoms with Crippen LogP contribution in [-0.4, -0.2) is 46.8 Å². The van der Waals surface area contributed by atoms with Crippen molar-refractivity contribution in [2.45, 2.75) is 16.6 Å². The molecule has 0 bridgehead atoms. The SMILES string of the molecule is C[C@@H](Br)[C@@H](Br)C(=O)N1CCOCC1. The summed E-state index contributed by atoms with van der Waals surface area (Å²) in [4.78, 5) is 13.6. The topological polar surface area (TPSA) is 29.5 Å². The van der Waals surface area contributed by atoms with E-state index < -0.39 is 0 Å². The van der Waals surface area contributed by atoms with Gasteiger partial charge < -0.3 is 9.64 Å². The van der Waals surface area contributed by atoms with Crippen molar-refractivity contribution in [2.75, 3.05) is 26.3 Å². The monoisotopic (exact) mass is 313 g/mol. The van der Waals surface area contributed by atoms with Crippen LogP contribution in [0.15, 0.2) is 0 Å². The number of nitrogens with zero attached hydrogens (tertiary/aromatic N) is 1. The van der Waals surface area contributed by atoms with Crippen LogP contribution in [0.25, 0.3) is 0 Å². The molecule has 0 N–H and O–H groups in total. The molecule has 2 atom stereocenters. The highest BCUT2D eigenvalue weighted by Crippen LogP contribution is 2.16. The molecule has 0 saturated carbocycles. The summed E-state index contributed by atoms with van der Waals surface area (Å²) in [5, 5.41) is 0. The van der Waals surface area contributed by atoms with Gasteiger partial charge in [-0.25, -0.2) is 0 Å². The number of amides is 1. The van der Waals surface area contributed by atoms with Crippen molar-refractivity contribution in [3.05, 3.63) is 0 Å². The first-order valence-corrected chi connectivity index (χ1v) is 6.10. The Bertz CT molecular complexity index is 181. The molecular weight excluding hydrogens is 302 g/mol. The quantitative estimate of drug-likeness (QED) is 0.721. The van der Waals surface area contributed by atoms with Crippen molar-refractivity contribution in [3.63, 3.8) is 0 Å². The Hall–Kier alpha value is 0.390. The molecule has 1 fully saturated rings. The van der Waals surface area contributed by atoms with Gasteiger partial charge in [-0.15, -0.1) is 0 Å². The second-order valence-corrected chi connectivity index (χ2v) is 5.45. The molecule has 0 radical (unpaired) electrons. The zero-order chi connectivity index (χ0) is 9.84. The molecular formula is C8H13Br2NO2. The Balaban J connectivity index is 2.45. The fourth-order valence-electron chi connectivity index (χ4n) is 1.15. The number of alkyl halides is 2. The molecule has 0 aromatic carbocycles. The Labute approximate surface area is 95.1 Å². The Morgan fingerprint density at radius 3 is 2.38 bits per heavy atom. The summed E-state index contributed by atoms with van der Waals surface area (Å²) in [6.45, 7) is 4.68. The van der Waals surface area contributed by atoms with Crippen molar-refractivity contribution in [1.29, 1.82) is 0 Å². The van der Waals surface area contributed by atoms with Crippen LogP contribution in [0, 0.1) is 0 Å². The molecule has 0 aromatic heterocycles. The average molecular weight is 315 g/mol. The summed E-state index contributed by atoms with van der Waals surface area (Å²) >= 11 is 6.75. The van der Waals surface area contributed by atoms with Gasteiger partial charge in [-0.3, -0.25) is 4.79 Å². The minimum absolute atomic E-state index is 0.134. The van der Waals surface area contributed by atoms with Gasteiger partial charge in [0.15, 0.2) is 0 Å². The molecule has 1 aliphatic heterocycles. The predicted octanol–water partition coefficient (Wildman–Crippen LogP) is 1.39. The van der Waals surface area contributed by atoms with Crippen molar-refractivity contribution in [3.8, 4) is 0 Å². The van der Waals surface area contributed by atoms with Crippen LogP contribution in [0.2, 0.25) is 0 Å². The molecule has 0 unspecified atom stereocenters. The molecule has 0 spiro atoms. The molecule has 3 nitrogen and oxygen atoms in total. The van der Waals surface area contributed by atoms with E-state index in [1.54, 1.807) is 0 Å². The van der Waals surface area contributed by atoms with Gasteiger partial charge in [-0.05, 0) is 0 Å². The molecule has 0 aromatic rings. The zero-order valence-corrected chi connectivity index (χ0v) is 10.7. The summed E-state index contributed by atoms with van der Waals surface area (Å²) in [6, 6.07) is 0. The van der Waals surface area contributed by atoms with Gasteiger partial charge in [-0.2, -0.15) is 0 Å². The van der Waals surface area contributed by atoms with Gasteiger partial charge in [0.05, 0.1) is 13.2 Å². The maximum atomic E-state index is 11.7. The number of ether oxygens (including phenoxy) is 1. The lowest BCUT2D eigenvalue weighted by molar-refractivity contribution is -0.134. The highest BCUT2D eigenvalue weighted by molar-refractivity contribution is 9.12. The minimum Gasteiger partial charge on any atom is -0.378 e. The number of hydrogen-bond donors (Lipinski definition) is 0. The van der Waals surface area contributed by atoms with Gasteiger partial charge in [0.1, 0.15) is 4.83 Å². The number of hydrogen-bond acceptors (Lipinski definition) is 2. The Morgan fingerprint density at radius 1 is 1.38 bits per heavy atom. The average Bonchev–Trinajstić information content (AvgIpc) is 2.17. The summed E-state index contributed by atoms with van der Waals surface area (Å²) in [5.74, 6) is 0.146. The number of carbonyl (C=O) groups is 1. The minimum atomic E-state index is -0.134. The first kappa shape index (κ1) is 11.5. The van der Waals surface area contributed by atoms with E-state index >= 15 is 0 Å². The van der Waals surface area contributed by atoms with E-state index in [0.29, 0.717) is 26.3 Å². The second kappa shape index (κ2) is 5.32. The van der Waals surface area contributed by atoms with Crippen LogP contribution in [0.4, 0.5) is 0 Å². The molecule has 13 heavy (non-hydrogen) atoms. The van der Waals surface area contributed by atoms with Crippen LogP contribution < -0.4 is 0 Å². The van der Waals surface area contributed by atoms with Crippen LogP contribution in [0.1, 0.15) is 6.92 Å². The van der Waals surface area contributed by atoms with E-state index in [4.69, 9.17) is 4.74 Å². The molecule has 1 amide bonds. The third-order valence-corrected chi connectivity index (χ3v) is 4.38. The van der Waals surface area contributed by atoms with E-state index in [2.05, 4.69) is 31.9 Å². The molecule has 0 aliphatic carbocycles. The molecule has 76 valence electrons. The van der Waals surface area contributed by atoms with Gasteiger partial charge in [-0.1, -0.05) is 38.8 Å². The van der Waals surface area contributed by atoms with E-state index in [1.165, 1.54) is 0 Å². The molecule has 1 aliphatic rings. The van der Waals surface area contributed by atoms with Crippen molar-refractivity contribution in [1.82, 2.24) is 4.90 Å². The van der Waals surface area contributed by atoms with Gasteiger partial charge in [0.25, 0.3) is 0 Å². The van der Waals surface area contributed by atoms with Crippen LogP contribution >= 0.6 is 31.9 Å². The first-order valence-electron chi connectivity index (χ1n) is 4.27. The third-order valence-electron chi connectivity index (χ3n) is 1.96. The fourth-order valence-corrected chi connectivity index (χ4v) is 1.67. The van der Waals surface area contributed by atoms with Crippen molar-refractivity contribution >= 4 is 37.8 Å². The maximum absolute atomic E-state index is 11.7. The summed E-state index contributed by atoms with van der Waals surface area (Å²) in [5.41, 5.74) is 0. The predicted molar refractivity (Wildman–Crippen MR) is 58.5 cm³/mol. The third kappa shape index (κ3) is 3.22. The molecule has 1 heterocycles. The van der Waals surface area contributed by atoms with Gasteiger partial charge in [0.2, 0.25) is 5.91 Å².